The Balaban J connectivity index is 1.52. The zero-order valence-corrected chi connectivity index (χ0v) is 20.8. The van der Waals surface area contributed by atoms with Crippen LogP contribution in [0.4, 0.5) is 5.69 Å². The van der Waals surface area contributed by atoms with E-state index in [1.807, 2.05) is 24.3 Å². The second kappa shape index (κ2) is 10.8. The Hall–Kier alpha value is -3.49. The molecule has 0 aliphatic carbocycles. The van der Waals surface area contributed by atoms with Gasteiger partial charge in [0, 0.05) is 17.3 Å². The molecule has 3 heteroatoms. The van der Waals surface area contributed by atoms with E-state index in [9.17, 15) is 0 Å². The van der Waals surface area contributed by atoms with Gasteiger partial charge in [0.15, 0.2) is 0 Å². The highest BCUT2D eigenvalue weighted by atomic mass is 35.5. The second-order valence-corrected chi connectivity index (χ2v) is 9.37. The average Bonchev–Trinajstić information content (AvgIpc) is 2.88. The van der Waals surface area contributed by atoms with Gasteiger partial charge in [0.1, 0.15) is 12.4 Å². The molecule has 0 amide bonds. The van der Waals surface area contributed by atoms with Crippen LogP contribution < -0.4 is 10.1 Å². The molecular weight excluding hydrogens is 450 g/mol. The van der Waals surface area contributed by atoms with Crippen molar-refractivity contribution in [2.45, 2.75) is 32.7 Å². The molecule has 4 aromatic rings. The van der Waals surface area contributed by atoms with Crippen LogP contribution in [-0.4, -0.2) is 6.61 Å². The molecule has 4 aromatic carbocycles. The molecule has 0 bridgehead atoms. The lowest BCUT2D eigenvalue weighted by Crippen LogP contribution is -2.13. The van der Waals surface area contributed by atoms with E-state index in [0.717, 1.165) is 31.6 Å². The van der Waals surface area contributed by atoms with Crippen LogP contribution in [0.15, 0.2) is 91.0 Å². The van der Waals surface area contributed by atoms with E-state index >= 15 is 0 Å². The monoisotopic (exact) mass is 479 g/mol. The van der Waals surface area contributed by atoms with Crippen molar-refractivity contribution in [3.63, 3.8) is 0 Å². The molecule has 35 heavy (non-hydrogen) atoms. The Labute approximate surface area is 213 Å². The van der Waals surface area contributed by atoms with Crippen LogP contribution in [0.5, 0.6) is 5.75 Å². The van der Waals surface area contributed by atoms with Crippen LogP contribution in [0.2, 0.25) is 5.02 Å². The second-order valence-electron chi connectivity index (χ2n) is 8.93. The summed E-state index contributed by atoms with van der Waals surface area (Å²) in [6, 6.07) is 31.5. The van der Waals surface area contributed by atoms with Gasteiger partial charge in [-0.1, -0.05) is 91.3 Å². The number of halogens is 1. The van der Waals surface area contributed by atoms with Gasteiger partial charge in [-0.2, -0.15) is 0 Å². The molecule has 1 aliphatic rings. The summed E-state index contributed by atoms with van der Waals surface area (Å²) in [6.45, 7) is 3.50. The quantitative estimate of drug-likeness (QED) is 0.288. The molecule has 0 saturated heterocycles. The summed E-state index contributed by atoms with van der Waals surface area (Å²) in [5, 5.41) is 4.48. The number of hydrogen-bond donors (Lipinski definition) is 1. The van der Waals surface area contributed by atoms with Crippen molar-refractivity contribution in [2.75, 3.05) is 11.9 Å². The van der Waals surface area contributed by atoms with Crippen molar-refractivity contribution < 1.29 is 4.74 Å². The number of fused-ring (bicyclic) bond motifs is 2. The Morgan fingerprint density at radius 2 is 1.63 bits per heavy atom. The third kappa shape index (κ3) is 5.44. The highest BCUT2D eigenvalue weighted by Gasteiger charge is 2.18. The van der Waals surface area contributed by atoms with Crippen molar-refractivity contribution in [1.29, 1.82) is 0 Å². The lowest BCUT2D eigenvalue weighted by Gasteiger charge is -2.24. The zero-order chi connectivity index (χ0) is 24.0. The first-order valence-electron chi connectivity index (χ1n) is 12.3. The normalized spacial score (nSPS) is 13.9. The van der Waals surface area contributed by atoms with Crippen molar-refractivity contribution >= 4 is 28.9 Å². The first kappa shape index (κ1) is 23.3. The van der Waals surface area contributed by atoms with Crippen LogP contribution in [0.3, 0.4) is 0 Å². The molecule has 0 unspecified atom stereocenters. The molecule has 0 spiro atoms. The molecule has 0 fully saturated rings. The van der Waals surface area contributed by atoms with Gasteiger partial charge in [-0.3, -0.25) is 0 Å². The Morgan fingerprint density at radius 3 is 2.46 bits per heavy atom. The third-order valence-electron chi connectivity index (χ3n) is 6.67. The smallest absolute Gasteiger partial charge is 0.121 e. The average molecular weight is 480 g/mol. The molecule has 0 aromatic heterocycles. The van der Waals surface area contributed by atoms with Crippen molar-refractivity contribution in [2.24, 2.45) is 0 Å². The van der Waals surface area contributed by atoms with Crippen molar-refractivity contribution in [3.05, 3.63) is 129 Å². The molecule has 0 radical (unpaired) electrons. The summed E-state index contributed by atoms with van der Waals surface area (Å²) < 4.78 is 6.23. The number of aryl methyl sites for hydroxylation is 3. The predicted octanol–water partition coefficient (Wildman–Crippen LogP) is 8.23. The molecule has 1 heterocycles. The molecule has 0 saturated carbocycles. The molecule has 1 N–H and O–H groups in total. The maximum absolute atomic E-state index is 6.23. The van der Waals surface area contributed by atoms with Crippen LogP contribution >= 0.6 is 11.6 Å². The minimum Gasteiger partial charge on any atom is -0.489 e. The first-order chi connectivity index (χ1) is 17.2. The van der Waals surface area contributed by atoms with E-state index in [1.54, 1.807) is 0 Å². The molecule has 2 nitrogen and oxygen atoms in total. The number of benzene rings is 4. The van der Waals surface area contributed by atoms with Crippen LogP contribution in [-0.2, 0) is 25.8 Å². The predicted molar refractivity (Wildman–Crippen MR) is 148 cm³/mol. The Morgan fingerprint density at radius 1 is 0.829 bits per heavy atom. The summed E-state index contributed by atoms with van der Waals surface area (Å²) in [7, 11) is 0. The van der Waals surface area contributed by atoms with Crippen LogP contribution in [0.25, 0.3) is 11.6 Å². The fraction of sp³-hybridized carbons (Fsp3) is 0.188. The van der Waals surface area contributed by atoms with Crippen LogP contribution in [0, 0.1) is 0 Å². The van der Waals surface area contributed by atoms with Gasteiger partial charge < -0.3 is 10.1 Å². The van der Waals surface area contributed by atoms with Gasteiger partial charge in [-0.05, 0) is 82.5 Å². The van der Waals surface area contributed by atoms with Gasteiger partial charge in [0.05, 0.1) is 0 Å². The van der Waals surface area contributed by atoms with Gasteiger partial charge in [-0.25, -0.2) is 0 Å². The SMILES string of the molecule is CCc1cccc2c1CNc1c(cccc1CCc1ccccc1)/C=C\2COc1cccc(Cl)c1. The van der Waals surface area contributed by atoms with Crippen LogP contribution in [0.1, 0.15) is 40.3 Å². The minimum atomic E-state index is 0.480. The molecule has 1 aliphatic heterocycles. The third-order valence-corrected chi connectivity index (χ3v) is 6.91. The highest BCUT2D eigenvalue weighted by Crippen LogP contribution is 2.34. The van der Waals surface area contributed by atoms with E-state index in [2.05, 4.69) is 85.0 Å². The summed E-state index contributed by atoms with van der Waals surface area (Å²) in [4.78, 5) is 0. The van der Waals surface area contributed by atoms with Gasteiger partial charge in [-0.15, -0.1) is 0 Å². The number of hydrogen-bond acceptors (Lipinski definition) is 2. The number of rotatable bonds is 7. The Kier molecular flexibility index (Phi) is 7.20. The fourth-order valence-corrected chi connectivity index (χ4v) is 5.02. The maximum atomic E-state index is 6.23. The molecular formula is C32H30ClNO. The number of anilines is 1. The van der Waals surface area contributed by atoms with E-state index < -0.39 is 0 Å². The van der Waals surface area contributed by atoms with E-state index in [-0.39, 0.29) is 0 Å². The summed E-state index contributed by atoms with van der Waals surface area (Å²) >= 11 is 6.19. The molecule has 0 atom stereocenters. The molecule has 176 valence electrons. The van der Waals surface area contributed by atoms with Gasteiger partial charge >= 0.3 is 0 Å². The van der Waals surface area contributed by atoms with E-state index in [4.69, 9.17) is 16.3 Å². The van der Waals surface area contributed by atoms with Crippen molar-refractivity contribution in [1.82, 2.24) is 0 Å². The topological polar surface area (TPSA) is 21.3 Å². The maximum Gasteiger partial charge on any atom is 0.121 e. The van der Waals surface area contributed by atoms with Gasteiger partial charge in [0.2, 0.25) is 0 Å². The number of nitrogens with one attached hydrogen (secondary N) is 1. The lowest BCUT2D eigenvalue weighted by molar-refractivity contribution is 0.370. The zero-order valence-electron chi connectivity index (χ0n) is 20.1. The summed E-state index contributed by atoms with van der Waals surface area (Å²) in [6.07, 6.45) is 5.29. The highest BCUT2D eigenvalue weighted by molar-refractivity contribution is 6.30. The fourth-order valence-electron chi connectivity index (χ4n) is 4.84. The summed E-state index contributed by atoms with van der Waals surface area (Å²) in [5.74, 6) is 0.781. The largest absolute Gasteiger partial charge is 0.489 e. The first-order valence-corrected chi connectivity index (χ1v) is 12.7. The van der Waals surface area contributed by atoms with Gasteiger partial charge in [0.25, 0.3) is 0 Å². The van der Waals surface area contributed by atoms with E-state index in [0.29, 0.717) is 11.6 Å². The lowest BCUT2D eigenvalue weighted by atomic mass is 9.90. The number of para-hydroxylation sites is 1. The van der Waals surface area contributed by atoms with Crippen molar-refractivity contribution in [3.8, 4) is 5.75 Å². The molecule has 5 rings (SSSR count). The van der Waals surface area contributed by atoms with E-state index in [1.165, 1.54) is 44.6 Å². The Bertz CT molecular complexity index is 1340. The minimum absolute atomic E-state index is 0.480. The standard InChI is InChI=1S/C32H30ClNO/c1-2-24-11-7-16-30-27(22-35-29-15-8-14-28(33)20-29)19-26-13-6-12-25(32(26)34-21-31(24)30)18-17-23-9-4-3-5-10-23/h3-16,19-20,34H,2,17-18,21-22H2,1H3/b27-19-. The summed E-state index contributed by atoms with van der Waals surface area (Å²) in [5.41, 5.74) is 10.3. The number of ether oxygens (including phenoxy) is 1.